The van der Waals surface area contributed by atoms with Crippen molar-refractivity contribution in [2.24, 2.45) is 5.73 Å². The molecule has 0 aliphatic carbocycles. The molecule has 0 unspecified atom stereocenters. The minimum Gasteiger partial charge on any atom is -0.383 e. The van der Waals surface area contributed by atoms with Crippen LogP contribution in [0.15, 0.2) is 0 Å². The normalized spacial score (nSPS) is 9.42. The quantitative estimate of drug-likeness (QED) is 0.507. The van der Waals surface area contributed by atoms with Crippen LogP contribution in [0.3, 0.4) is 0 Å². The molecule has 0 aromatic carbocycles. The number of nitrogens with one attached hydrogen (secondary N) is 1. The van der Waals surface area contributed by atoms with E-state index in [0.717, 1.165) is 0 Å². The number of rotatable bonds is 6. The van der Waals surface area contributed by atoms with Gasteiger partial charge in [0.15, 0.2) is 0 Å². The minimum absolute atomic E-state index is 0.0960. The number of amides is 2. The maximum Gasteiger partial charge on any atom is 0.220 e. The van der Waals surface area contributed by atoms with Crippen molar-refractivity contribution in [1.29, 1.82) is 0 Å². The molecule has 12 heavy (non-hydrogen) atoms. The SMILES string of the molecule is COCCNC(=O)CCC(N)=O. The summed E-state index contributed by atoms with van der Waals surface area (Å²) in [5, 5.41) is 2.57. The van der Waals surface area contributed by atoms with Crippen molar-refractivity contribution in [3.05, 3.63) is 0 Å². The molecule has 0 bridgehead atoms. The van der Waals surface area contributed by atoms with E-state index in [1.807, 2.05) is 0 Å². The molecule has 0 aliphatic rings. The molecule has 0 aromatic rings. The molecule has 0 saturated carbocycles. The van der Waals surface area contributed by atoms with Crippen LogP contribution in [0.1, 0.15) is 12.8 Å². The van der Waals surface area contributed by atoms with Gasteiger partial charge in [-0.3, -0.25) is 9.59 Å². The maximum atomic E-state index is 10.8. The van der Waals surface area contributed by atoms with Crippen LogP contribution in [0.4, 0.5) is 0 Å². The largest absolute Gasteiger partial charge is 0.383 e. The second-order valence-electron chi connectivity index (χ2n) is 2.31. The summed E-state index contributed by atoms with van der Waals surface area (Å²) in [5.41, 5.74) is 4.85. The van der Waals surface area contributed by atoms with Crippen molar-refractivity contribution < 1.29 is 14.3 Å². The lowest BCUT2D eigenvalue weighted by Crippen LogP contribution is -2.27. The van der Waals surface area contributed by atoms with Gasteiger partial charge in [-0.15, -0.1) is 0 Å². The maximum absolute atomic E-state index is 10.8. The van der Waals surface area contributed by atoms with Gasteiger partial charge in [0, 0.05) is 26.5 Å². The highest BCUT2D eigenvalue weighted by Crippen LogP contribution is 1.86. The van der Waals surface area contributed by atoms with Crippen LogP contribution in [0.2, 0.25) is 0 Å². The van der Waals surface area contributed by atoms with Crippen LogP contribution in [-0.2, 0) is 14.3 Å². The highest BCUT2D eigenvalue weighted by Gasteiger charge is 2.02. The van der Waals surface area contributed by atoms with E-state index in [0.29, 0.717) is 13.2 Å². The van der Waals surface area contributed by atoms with Gasteiger partial charge in [-0.1, -0.05) is 0 Å². The molecule has 70 valence electrons. The van der Waals surface area contributed by atoms with Crippen molar-refractivity contribution in [1.82, 2.24) is 5.32 Å². The van der Waals surface area contributed by atoms with Gasteiger partial charge in [-0.2, -0.15) is 0 Å². The zero-order chi connectivity index (χ0) is 9.40. The smallest absolute Gasteiger partial charge is 0.220 e. The standard InChI is InChI=1S/C7H14N2O3/c1-12-5-4-9-7(11)3-2-6(8)10/h2-5H2,1H3,(H2,8,10)(H,9,11). The number of nitrogens with two attached hydrogens (primary N) is 1. The molecule has 3 N–H and O–H groups in total. The molecule has 0 atom stereocenters. The summed E-state index contributed by atoms with van der Waals surface area (Å²) in [7, 11) is 1.55. The summed E-state index contributed by atoms with van der Waals surface area (Å²) in [6.45, 7) is 0.941. The molecule has 5 heteroatoms. The minimum atomic E-state index is -0.461. The van der Waals surface area contributed by atoms with Crippen molar-refractivity contribution in [3.63, 3.8) is 0 Å². The lowest BCUT2D eigenvalue weighted by atomic mass is 10.3. The number of hydrogen-bond donors (Lipinski definition) is 2. The average molecular weight is 174 g/mol. The van der Waals surface area contributed by atoms with Crippen molar-refractivity contribution >= 4 is 11.8 Å². The van der Waals surface area contributed by atoms with Gasteiger partial charge in [0.05, 0.1) is 6.61 Å². The fourth-order valence-electron chi connectivity index (χ4n) is 0.618. The van der Waals surface area contributed by atoms with Gasteiger partial charge >= 0.3 is 0 Å². The molecule has 5 nitrogen and oxygen atoms in total. The Morgan fingerprint density at radius 1 is 1.42 bits per heavy atom. The molecule has 0 spiro atoms. The lowest BCUT2D eigenvalue weighted by molar-refractivity contribution is -0.125. The zero-order valence-electron chi connectivity index (χ0n) is 7.13. The van der Waals surface area contributed by atoms with E-state index in [1.165, 1.54) is 0 Å². The van der Waals surface area contributed by atoms with E-state index in [2.05, 4.69) is 5.32 Å². The Labute approximate surface area is 71.3 Å². The molecule has 0 fully saturated rings. The number of carbonyl (C=O) groups excluding carboxylic acids is 2. The van der Waals surface area contributed by atoms with Crippen molar-refractivity contribution in [3.8, 4) is 0 Å². The number of ether oxygens (including phenoxy) is 1. The molecular formula is C7H14N2O3. The second kappa shape index (κ2) is 6.60. The fraction of sp³-hybridized carbons (Fsp3) is 0.714. The van der Waals surface area contributed by atoms with Gasteiger partial charge in [0.1, 0.15) is 0 Å². The molecule has 0 rings (SSSR count). The van der Waals surface area contributed by atoms with Gasteiger partial charge in [0.2, 0.25) is 11.8 Å². The third-order valence-electron chi connectivity index (χ3n) is 1.23. The highest BCUT2D eigenvalue weighted by molar-refractivity contribution is 5.82. The molecular weight excluding hydrogens is 160 g/mol. The van der Waals surface area contributed by atoms with Crippen LogP contribution in [0, 0.1) is 0 Å². The van der Waals surface area contributed by atoms with Crippen LogP contribution in [-0.4, -0.2) is 32.1 Å². The molecule has 2 amide bonds. The molecule has 0 radical (unpaired) electrons. The van der Waals surface area contributed by atoms with E-state index in [1.54, 1.807) is 7.11 Å². The topological polar surface area (TPSA) is 81.4 Å². The van der Waals surface area contributed by atoms with Crippen molar-refractivity contribution in [2.75, 3.05) is 20.3 Å². The van der Waals surface area contributed by atoms with Gasteiger partial charge < -0.3 is 15.8 Å². The molecule has 0 heterocycles. The Morgan fingerprint density at radius 2 is 2.08 bits per heavy atom. The first-order chi connectivity index (χ1) is 5.66. The molecule has 0 saturated heterocycles. The number of hydrogen-bond acceptors (Lipinski definition) is 3. The Morgan fingerprint density at radius 3 is 2.58 bits per heavy atom. The first-order valence-electron chi connectivity index (χ1n) is 3.70. The Balaban J connectivity index is 3.28. The predicted molar refractivity (Wildman–Crippen MR) is 43.3 cm³/mol. The monoisotopic (exact) mass is 174 g/mol. The highest BCUT2D eigenvalue weighted by atomic mass is 16.5. The summed E-state index contributed by atoms with van der Waals surface area (Å²) >= 11 is 0. The van der Waals surface area contributed by atoms with E-state index in [9.17, 15) is 9.59 Å². The molecule has 0 aromatic heterocycles. The van der Waals surface area contributed by atoms with E-state index in [4.69, 9.17) is 10.5 Å². The predicted octanol–water partition coefficient (Wildman–Crippen LogP) is -0.985. The second-order valence-corrected chi connectivity index (χ2v) is 2.31. The van der Waals surface area contributed by atoms with E-state index in [-0.39, 0.29) is 18.7 Å². The molecule has 0 aliphatic heterocycles. The van der Waals surface area contributed by atoms with Crippen LogP contribution >= 0.6 is 0 Å². The zero-order valence-corrected chi connectivity index (χ0v) is 7.13. The summed E-state index contributed by atoms with van der Waals surface area (Å²) < 4.78 is 4.71. The Hall–Kier alpha value is -1.10. The fourth-order valence-corrected chi connectivity index (χ4v) is 0.618. The lowest BCUT2D eigenvalue weighted by Gasteiger charge is -2.02. The summed E-state index contributed by atoms with van der Waals surface area (Å²) in [6.07, 6.45) is 0.248. The van der Waals surface area contributed by atoms with Crippen molar-refractivity contribution in [2.45, 2.75) is 12.8 Å². The Kier molecular flexibility index (Phi) is 6.00. The third-order valence-corrected chi connectivity index (χ3v) is 1.23. The summed E-state index contributed by atoms with van der Waals surface area (Å²) in [5.74, 6) is -0.636. The average Bonchev–Trinajstić information content (AvgIpc) is 2.01. The Bertz CT molecular complexity index is 159. The van der Waals surface area contributed by atoms with E-state index < -0.39 is 5.91 Å². The van der Waals surface area contributed by atoms with Crippen LogP contribution < -0.4 is 11.1 Å². The number of carbonyl (C=O) groups is 2. The van der Waals surface area contributed by atoms with Crippen LogP contribution in [0.25, 0.3) is 0 Å². The number of primary amides is 1. The van der Waals surface area contributed by atoms with Gasteiger partial charge in [-0.25, -0.2) is 0 Å². The first kappa shape index (κ1) is 10.9. The summed E-state index contributed by atoms with van der Waals surface area (Å²) in [6, 6.07) is 0. The van der Waals surface area contributed by atoms with E-state index >= 15 is 0 Å². The first-order valence-corrected chi connectivity index (χ1v) is 3.70. The summed E-state index contributed by atoms with van der Waals surface area (Å²) in [4.78, 5) is 21.1. The third kappa shape index (κ3) is 7.01. The van der Waals surface area contributed by atoms with Gasteiger partial charge in [0.25, 0.3) is 0 Å². The van der Waals surface area contributed by atoms with Gasteiger partial charge in [-0.05, 0) is 0 Å². The van der Waals surface area contributed by atoms with Crippen LogP contribution in [0.5, 0.6) is 0 Å². The number of methoxy groups -OCH3 is 1.